The van der Waals surface area contributed by atoms with Crippen molar-refractivity contribution in [2.45, 2.75) is 56.5 Å². The van der Waals surface area contributed by atoms with Crippen molar-refractivity contribution in [3.8, 4) is 0 Å². The Balaban J connectivity index is 2.41. The van der Waals surface area contributed by atoms with Gasteiger partial charge in [0.25, 0.3) is 0 Å². The molecule has 0 amide bonds. The first-order valence-electron chi connectivity index (χ1n) is 4.38. The van der Waals surface area contributed by atoms with Gasteiger partial charge in [0.1, 0.15) is 0 Å². The van der Waals surface area contributed by atoms with Crippen LogP contribution in [-0.2, 0) is 0 Å². The average molecular weight is 158 g/mol. The van der Waals surface area contributed by atoms with E-state index in [-0.39, 0.29) is 0 Å². The van der Waals surface area contributed by atoms with Crippen molar-refractivity contribution in [1.29, 1.82) is 0 Å². The summed E-state index contributed by atoms with van der Waals surface area (Å²) < 4.78 is 0.626. The molecular weight excluding hydrogens is 140 g/mol. The van der Waals surface area contributed by atoms with Gasteiger partial charge in [0.05, 0.1) is 0 Å². The number of hydrogen-bond donors (Lipinski definition) is 0. The molecule has 0 radical (unpaired) electrons. The van der Waals surface area contributed by atoms with Crippen LogP contribution < -0.4 is 0 Å². The van der Waals surface area contributed by atoms with E-state index in [9.17, 15) is 0 Å². The molecule has 0 aliphatic carbocycles. The van der Waals surface area contributed by atoms with Gasteiger partial charge in [-0.25, -0.2) is 0 Å². The average Bonchev–Trinajstić information content (AvgIpc) is 2.33. The summed E-state index contributed by atoms with van der Waals surface area (Å²) in [5.41, 5.74) is 0. The van der Waals surface area contributed by atoms with Crippen LogP contribution in [0.2, 0.25) is 0 Å². The maximum absolute atomic E-state index is 2.41. The molecule has 0 bridgehead atoms. The van der Waals surface area contributed by atoms with Crippen LogP contribution in [0.3, 0.4) is 0 Å². The third kappa shape index (κ3) is 1.69. The molecule has 1 heterocycles. The summed E-state index contributed by atoms with van der Waals surface area (Å²) in [5.74, 6) is 0. The molecule has 2 atom stereocenters. The van der Waals surface area contributed by atoms with Crippen LogP contribution in [0.4, 0.5) is 0 Å². The topological polar surface area (TPSA) is 0 Å². The van der Waals surface area contributed by atoms with Crippen molar-refractivity contribution in [3.05, 3.63) is 0 Å². The summed E-state index contributed by atoms with van der Waals surface area (Å²) in [6.07, 6.45) is 5.59. The zero-order chi connectivity index (χ0) is 7.61. The standard InChI is InChI=1S/C9H18S/c1-4-8-6-7-9(3,5-2)10-8/h8H,4-7H2,1-3H3. The van der Waals surface area contributed by atoms with Gasteiger partial charge in [0, 0.05) is 10.00 Å². The van der Waals surface area contributed by atoms with Gasteiger partial charge in [0.15, 0.2) is 0 Å². The molecule has 1 aliphatic rings. The Bertz CT molecular complexity index is 111. The van der Waals surface area contributed by atoms with Crippen LogP contribution in [0.5, 0.6) is 0 Å². The Kier molecular flexibility index (Phi) is 2.67. The Morgan fingerprint density at radius 2 is 2.20 bits per heavy atom. The minimum atomic E-state index is 0.626. The molecule has 1 fully saturated rings. The number of thioether (sulfide) groups is 1. The molecule has 1 heteroatoms. The van der Waals surface area contributed by atoms with Crippen LogP contribution in [-0.4, -0.2) is 10.00 Å². The minimum absolute atomic E-state index is 0.626. The highest BCUT2D eigenvalue weighted by atomic mass is 32.2. The largest absolute Gasteiger partial charge is 0.152 e. The monoisotopic (exact) mass is 158 g/mol. The molecule has 0 N–H and O–H groups in total. The van der Waals surface area contributed by atoms with Gasteiger partial charge in [0.2, 0.25) is 0 Å². The molecule has 10 heavy (non-hydrogen) atoms. The smallest absolute Gasteiger partial charge is 0.0132 e. The van der Waals surface area contributed by atoms with Gasteiger partial charge in [-0.1, -0.05) is 20.8 Å². The lowest BCUT2D eigenvalue weighted by atomic mass is 10.0. The molecule has 0 aromatic carbocycles. The fraction of sp³-hybridized carbons (Fsp3) is 1.00. The Labute approximate surface area is 68.8 Å². The Morgan fingerprint density at radius 1 is 1.50 bits per heavy atom. The summed E-state index contributed by atoms with van der Waals surface area (Å²) in [6.45, 7) is 7.03. The van der Waals surface area contributed by atoms with E-state index in [4.69, 9.17) is 0 Å². The zero-order valence-electron chi connectivity index (χ0n) is 7.31. The second kappa shape index (κ2) is 3.17. The third-order valence-corrected chi connectivity index (χ3v) is 4.61. The van der Waals surface area contributed by atoms with Gasteiger partial charge >= 0.3 is 0 Å². The highest BCUT2D eigenvalue weighted by Crippen LogP contribution is 2.46. The summed E-state index contributed by atoms with van der Waals surface area (Å²) in [6, 6.07) is 0. The molecule has 60 valence electrons. The predicted molar refractivity (Wildman–Crippen MR) is 49.6 cm³/mol. The zero-order valence-corrected chi connectivity index (χ0v) is 8.13. The van der Waals surface area contributed by atoms with Crippen molar-refractivity contribution in [3.63, 3.8) is 0 Å². The van der Waals surface area contributed by atoms with E-state index in [0.29, 0.717) is 4.75 Å². The first kappa shape index (κ1) is 8.45. The maximum Gasteiger partial charge on any atom is 0.0132 e. The predicted octanol–water partition coefficient (Wildman–Crippen LogP) is 3.46. The second-order valence-electron chi connectivity index (χ2n) is 3.49. The summed E-state index contributed by atoms with van der Waals surface area (Å²) >= 11 is 2.21. The van der Waals surface area contributed by atoms with Crippen molar-refractivity contribution in [1.82, 2.24) is 0 Å². The molecule has 2 unspecified atom stereocenters. The lowest BCUT2D eigenvalue weighted by molar-refractivity contribution is 0.573. The molecule has 0 aromatic heterocycles. The summed E-state index contributed by atoms with van der Waals surface area (Å²) in [5, 5.41) is 0.963. The lowest BCUT2D eigenvalue weighted by Gasteiger charge is -2.20. The van der Waals surface area contributed by atoms with Crippen molar-refractivity contribution in [2.75, 3.05) is 0 Å². The summed E-state index contributed by atoms with van der Waals surface area (Å²) in [4.78, 5) is 0. The van der Waals surface area contributed by atoms with Crippen molar-refractivity contribution in [2.24, 2.45) is 0 Å². The molecule has 1 rings (SSSR count). The van der Waals surface area contributed by atoms with E-state index in [1.165, 1.54) is 25.7 Å². The van der Waals surface area contributed by atoms with E-state index in [1.54, 1.807) is 0 Å². The normalized spacial score (nSPS) is 40.5. The Morgan fingerprint density at radius 3 is 2.50 bits per heavy atom. The number of hydrogen-bond acceptors (Lipinski definition) is 1. The molecule has 0 saturated carbocycles. The van der Waals surface area contributed by atoms with Gasteiger partial charge in [-0.15, -0.1) is 0 Å². The lowest BCUT2D eigenvalue weighted by Crippen LogP contribution is -2.13. The highest BCUT2D eigenvalue weighted by molar-refractivity contribution is 8.01. The maximum atomic E-state index is 2.41. The third-order valence-electron chi connectivity index (χ3n) is 2.65. The van der Waals surface area contributed by atoms with E-state index < -0.39 is 0 Å². The van der Waals surface area contributed by atoms with Crippen LogP contribution in [0, 0.1) is 0 Å². The van der Waals surface area contributed by atoms with E-state index >= 15 is 0 Å². The molecule has 0 nitrogen and oxygen atoms in total. The van der Waals surface area contributed by atoms with E-state index in [2.05, 4.69) is 32.5 Å². The van der Waals surface area contributed by atoms with Crippen LogP contribution in [0.25, 0.3) is 0 Å². The van der Waals surface area contributed by atoms with E-state index in [0.717, 1.165) is 5.25 Å². The highest BCUT2D eigenvalue weighted by Gasteiger charge is 2.32. The first-order valence-corrected chi connectivity index (χ1v) is 5.26. The fourth-order valence-electron chi connectivity index (χ4n) is 1.53. The SMILES string of the molecule is CCC1CCC(C)(CC)S1. The summed E-state index contributed by atoms with van der Waals surface area (Å²) in [7, 11) is 0. The minimum Gasteiger partial charge on any atom is -0.152 e. The molecule has 0 spiro atoms. The Hall–Kier alpha value is 0.350. The van der Waals surface area contributed by atoms with Crippen LogP contribution in [0.1, 0.15) is 46.5 Å². The van der Waals surface area contributed by atoms with Gasteiger partial charge in [-0.2, -0.15) is 11.8 Å². The van der Waals surface area contributed by atoms with Crippen LogP contribution >= 0.6 is 11.8 Å². The van der Waals surface area contributed by atoms with Crippen molar-refractivity contribution >= 4 is 11.8 Å². The molecule has 1 saturated heterocycles. The molecule has 1 aliphatic heterocycles. The first-order chi connectivity index (χ1) is 4.70. The van der Waals surface area contributed by atoms with Crippen molar-refractivity contribution < 1.29 is 0 Å². The number of rotatable bonds is 2. The second-order valence-corrected chi connectivity index (χ2v) is 5.38. The van der Waals surface area contributed by atoms with Gasteiger partial charge < -0.3 is 0 Å². The fourth-order valence-corrected chi connectivity index (χ4v) is 3.14. The van der Waals surface area contributed by atoms with Gasteiger partial charge in [-0.05, 0) is 25.7 Å². The quantitative estimate of drug-likeness (QED) is 0.593. The van der Waals surface area contributed by atoms with Gasteiger partial charge in [-0.3, -0.25) is 0 Å². The molecular formula is C9H18S. The van der Waals surface area contributed by atoms with E-state index in [1.807, 2.05) is 0 Å². The van der Waals surface area contributed by atoms with Crippen LogP contribution in [0.15, 0.2) is 0 Å². The molecule has 0 aromatic rings.